The van der Waals surface area contributed by atoms with E-state index in [4.69, 9.17) is 0 Å². The molecule has 108 valence electrons. The second-order valence-corrected chi connectivity index (χ2v) is 6.20. The van der Waals surface area contributed by atoms with Crippen molar-refractivity contribution in [2.24, 2.45) is 0 Å². The van der Waals surface area contributed by atoms with E-state index >= 15 is 0 Å². The fourth-order valence-corrected chi connectivity index (χ4v) is 3.23. The van der Waals surface area contributed by atoms with Gasteiger partial charge >= 0.3 is 0 Å². The van der Waals surface area contributed by atoms with E-state index < -0.39 is 0 Å². The van der Waals surface area contributed by atoms with E-state index in [9.17, 15) is 4.79 Å². The van der Waals surface area contributed by atoms with Gasteiger partial charge in [-0.2, -0.15) is 0 Å². The molecule has 3 rings (SSSR count). The maximum Gasteiger partial charge on any atom is 0.251 e. The van der Waals surface area contributed by atoms with Crippen LogP contribution < -0.4 is 10.6 Å². The van der Waals surface area contributed by atoms with Crippen molar-refractivity contribution in [3.63, 3.8) is 0 Å². The minimum atomic E-state index is 0.0923. The Balaban J connectivity index is 1.70. The van der Waals surface area contributed by atoms with E-state index in [0.29, 0.717) is 12.0 Å². The number of amides is 1. The Bertz CT molecular complexity index is 488. The van der Waals surface area contributed by atoms with Crippen LogP contribution in [-0.2, 0) is 0 Å². The van der Waals surface area contributed by atoms with Crippen LogP contribution in [0.25, 0.3) is 0 Å². The van der Waals surface area contributed by atoms with Crippen molar-refractivity contribution in [2.75, 3.05) is 13.1 Å². The standard InChI is InChI=1S/C17H24N2O/c1-12-11-14(17(20)19-15-3-2-4-15)5-6-16(12)13-7-9-18-10-8-13/h5-6,11,13,15,18H,2-4,7-10H2,1H3,(H,19,20). The maximum atomic E-state index is 12.2. The Labute approximate surface area is 121 Å². The molecule has 3 nitrogen and oxygen atoms in total. The molecule has 0 spiro atoms. The molecule has 2 aliphatic rings. The van der Waals surface area contributed by atoms with Crippen molar-refractivity contribution < 1.29 is 4.79 Å². The third-order valence-corrected chi connectivity index (χ3v) is 4.75. The highest BCUT2D eigenvalue weighted by Gasteiger charge is 2.21. The van der Waals surface area contributed by atoms with Gasteiger partial charge in [-0.25, -0.2) is 0 Å². The summed E-state index contributed by atoms with van der Waals surface area (Å²) in [6.45, 7) is 4.35. The Morgan fingerprint density at radius 1 is 1.20 bits per heavy atom. The van der Waals surface area contributed by atoms with Crippen molar-refractivity contribution in [1.29, 1.82) is 0 Å². The van der Waals surface area contributed by atoms with E-state index in [1.54, 1.807) is 0 Å². The van der Waals surface area contributed by atoms with Crippen molar-refractivity contribution >= 4 is 5.91 Å². The van der Waals surface area contributed by atoms with E-state index in [1.165, 1.54) is 30.4 Å². The van der Waals surface area contributed by atoms with Gasteiger partial charge in [0.15, 0.2) is 0 Å². The average molecular weight is 272 g/mol. The van der Waals surface area contributed by atoms with Gasteiger partial charge in [0, 0.05) is 11.6 Å². The number of nitrogens with one attached hydrogen (secondary N) is 2. The summed E-state index contributed by atoms with van der Waals surface area (Å²) in [6.07, 6.45) is 5.93. The summed E-state index contributed by atoms with van der Waals surface area (Å²) in [4.78, 5) is 12.2. The number of carbonyl (C=O) groups is 1. The number of benzene rings is 1. The maximum absolute atomic E-state index is 12.2. The molecule has 0 unspecified atom stereocenters. The lowest BCUT2D eigenvalue weighted by molar-refractivity contribution is 0.0917. The zero-order chi connectivity index (χ0) is 13.9. The Hall–Kier alpha value is -1.35. The van der Waals surface area contributed by atoms with Crippen LogP contribution in [0.1, 0.15) is 59.5 Å². The first-order valence-electron chi connectivity index (χ1n) is 7.86. The lowest BCUT2D eigenvalue weighted by atomic mass is 9.86. The first-order valence-corrected chi connectivity index (χ1v) is 7.86. The highest BCUT2D eigenvalue weighted by atomic mass is 16.1. The van der Waals surface area contributed by atoms with Crippen molar-refractivity contribution in [2.45, 2.75) is 51.0 Å². The van der Waals surface area contributed by atoms with E-state index in [1.807, 2.05) is 6.07 Å². The van der Waals surface area contributed by atoms with Gasteiger partial charge in [0.05, 0.1) is 0 Å². The van der Waals surface area contributed by atoms with Crippen LogP contribution in [0.5, 0.6) is 0 Å². The molecule has 3 heteroatoms. The predicted molar refractivity (Wildman–Crippen MR) is 81.1 cm³/mol. The molecule has 1 saturated carbocycles. The van der Waals surface area contributed by atoms with Crippen LogP contribution in [0.2, 0.25) is 0 Å². The van der Waals surface area contributed by atoms with Gasteiger partial charge in [0.25, 0.3) is 5.91 Å². The topological polar surface area (TPSA) is 41.1 Å². The van der Waals surface area contributed by atoms with Gasteiger partial charge in [-0.05, 0) is 81.3 Å². The van der Waals surface area contributed by atoms with Gasteiger partial charge in [0.1, 0.15) is 0 Å². The van der Waals surface area contributed by atoms with E-state index in [-0.39, 0.29) is 5.91 Å². The molecule has 2 fully saturated rings. The first-order chi connectivity index (χ1) is 9.74. The summed E-state index contributed by atoms with van der Waals surface area (Å²) >= 11 is 0. The molecule has 0 atom stereocenters. The van der Waals surface area contributed by atoms with Gasteiger partial charge in [-0.15, -0.1) is 0 Å². The van der Waals surface area contributed by atoms with Crippen molar-refractivity contribution in [3.05, 3.63) is 34.9 Å². The molecule has 1 aromatic carbocycles. The third kappa shape index (κ3) is 2.88. The van der Waals surface area contributed by atoms with Crippen LogP contribution in [-0.4, -0.2) is 25.0 Å². The molecule has 0 aromatic heterocycles. The third-order valence-electron chi connectivity index (χ3n) is 4.75. The van der Waals surface area contributed by atoms with Gasteiger partial charge in [-0.3, -0.25) is 4.79 Å². The molecule has 1 amide bonds. The van der Waals surface area contributed by atoms with Crippen LogP contribution in [0.4, 0.5) is 0 Å². The van der Waals surface area contributed by atoms with Gasteiger partial charge < -0.3 is 10.6 Å². The SMILES string of the molecule is Cc1cc(C(=O)NC2CCC2)ccc1C1CCNCC1. The number of carbonyl (C=O) groups excluding carboxylic acids is 1. The molecule has 1 heterocycles. The summed E-state index contributed by atoms with van der Waals surface area (Å²) in [5, 5.41) is 6.51. The minimum absolute atomic E-state index is 0.0923. The molecule has 2 N–H and O–H groups in total. The normalized spacial score (nSPS) is 20.4. The molecule has 0 bridgehead atoms. The zero-order valence-corrected chi connectivity index (χ0v) is 12.2. The fraction of sp³-hybridized carbons (Fsp3) is 0.588. The average Bonchev–Trinajstić information content (AvgIpc) is 2.43. The Morgan fingerprint density at radius 2 is 1.95 bits per heavy atom. The lowest BCUT2D eigenvalue weighted by Gasteiger charge is -2.27. The van der Waals surface area contributed by atoms with Crippen LogP contribution >= 0.6 is 0 Å². The number of piperidine rings is 1. The molecular formula is C17H24N2O. The van der Waals surface area contributed by atoms with Gasteiger partial charge in [0.2, 0.25) is 0 Å². The monoisotopic (exact) mass is 272 g/mol. The summed E-state index contributed by atoms with van der Waals surface area (Å²) in [6, 6.07) is 6.64. The lowest BCUT2D eigenvalue weighted by Crippen LogP contribution is -2.39. The highest BCUT2D eigenvalue weighted by Crippen LogP contribution is 2.28. The summed E-state index contributed by atoms with van der Waals surface area (Å²) in [7, 11) is 0. The Morgan fingerprint density at radius 3 is 2.55 bits per heavy atom. The van der Waals surface area contributed by atoms with Crippen LogP contribution in [0.15, 0.2) is 18.2 Å². The number of aryl methyl sites for hydroxylation is 1. The second kappa shape index (κ2) is 5.96. The molecule has 1 saturated heterocycles. The highest BCUT2D eigenvalue weighted by molar-refractivity contribution is 5.94. The fourth-order valence-electron chi connectivity index (χ4n) is 3.23. The summed E-state index contributed by atoms with van der Waals surface area (Å²) < 4.78 is 0. The molecule has 1 aliphatic carbocycles. The van der Waals surface area contributed by atoms with Gasteiger partial charge in [-0.1, -0.05) is 6.07 Å². The molecule has 20 heavy (non-hydrogen) atoms. The van der Waals surface area contributed by atoms with E-state index in [2.05, 4.69) is 29.7 Å². The summed E-state index contributed by atoms with van der Waals surface area (Å²) in [5.74, 6) is 0.745. The predicted octanol–water partition coefficient (Wildman–Crippen LogP) is 2.74. The van der Waals surface area contributed by atoms with Crippen LogP contribution in [0.3, 0.4) is 0 Å². The molecule has 1 aromatic rings. The number of rotatable bonds is 3. The number of hydrogen-bond donors (Lipinski definition) is 2. The molecule has 0 radical (unpaired) electrons. The smallest absolute Gasteiger partial charge is 0.251 e. The summed E-state index contributed by atoms with van der Waals surface area (Å²) in [5.41, 5.74) is 3.50. The van der Waals surface area contributed by atoms with E-state index in [0.717, 1.165) is 31.5 Å². The molecule has 1 aliphatic heterocycles. The zero-order valence-electron chi connectivity index (χ0n) is 12.2. The minimum Gasteiger partial charge on any atom is -0.349 e. The first kappa shape index (κ1) is 13.6. The van der Waals surface area contributed by atoms with Crippen molar-refractivity contribution in [1.82, 2.24) is 10.6 Å². The van der Waals surface area contributed by atoms with Crippen LogP contribution in [0, 0.1) is 6.92 Å². The quantitative estimate of drug-likeness (QED) is 0.888. The van der Waals surface area contributed by atoms with Crippen molar-refractivity contribution in [3.8, 4) is 0 Å². The second-order valence-electron chi connectivity index (χ2n) is 6.20. The molecular weight excluding hydrogens is 248 g/mol. The largest absolute Gasteiger partial charge is 0.349 e. The Kier molecular flexibility index (Phi) is 4.06. The number of hydrogen-bond acceptors (Lipinski definition) is 2.